The number of likely N-dealkylation sites (N-methyl/N-ethyl adjacent to an activating group) is 1. The van der Waals surface area contributed by atoms with Crippen LogP contribution < -0.4 is 5.32 Å². The first-order valence-corrected chi connectivity index (χ1v) is 13.3. The molecule has 2 heterocycles. The van der Waals surface area contributed by atoms with E-state index in [0.29, 0.717) is 17.2 Å². The van der Waals surface area contributed by atoms with Gasteiger partial charge in [-0.1, -0.05) is 30.0 Å². The summed E-state index contributed by atoms with van der Waals surface area (Å²) < 4.78 is 42.1. The summed E-state index contributed by atoms with van der Waals surface area (Å²) in [5.74, 6) is 5.74. The Morgan fingerprint density at radius 3 is 2.66 bits per heavy atom. The minimum absolute atomic E-state index is 0.0858. The second-order valence-corrected chi connectivity index (χ2v) is 10.5. The molecule has 4 aromatic rings. The van der Waals surface area contributed by atoms with E-state index in [1.165, 1.54) is 18.5 Å². The lowest BCUT2D eigenvalue weighted by Gasteiger charge is -2.22. The summed E-state index contributed by atoms with van der Waals surface area (Å²) in [6.07, 6.45) is -0.446. The highest BCUT2D eigenvalue weighted by Crippen LogP contribution is 2.35. The van der Waals surface area contributed by atoms with Crippen LogP contribution in [0.4, 0.5) is 18.9 Å². The van der Waals surface area contributed by atoms with Gasteiger partial charge in [0, 0.05) is 59.6 Å². The van der Waals surface area contributed by atoms with Gasteiger partial charge in [-0.25, -0.2) is 9.97 Å². The number of carbonyl (C=O) groups excluding carboxylic acids is 1. The van der Waals surface area contributed by atoms with E-state index >= 15 is 0 Å². The summed E-state index contributed by atoms with van der Waals surface area (Å²) in [5.41, 5.74) is 2.88. The van der Waals surface area contributed by atoms with E-state index < -0.39 is 17.6 Å². The molecule has 1 aromatic heterocycles. The number of aryl methyl sites for hydroxylation is 1. The van der Waals surface area contributed by atoms with Gasteiger partial charge < -0.3 is 10.2 Å². The van der Waals surface area contributed by atoms with Crippen molar-refractivity contribution in [3.05, 3.63) is 101 Å². The highest BCUT2D eigenvalue weighted by molar-refractivity contribution is 6.04. The van der Waals surface area contributed by atoms with Crippen molar-refractivity contribution in [2.24, 2.45) is 0 Å². The quantitative estimate of drug-likeness (QED) is 0.317. The fourth-order valence-electron chi connectivity index (χ4n) is 5.02. The average Bonchev–Trinajstić information content (AvgIpc) is 3.42. The van der Waals surface area contributed by atoms with E-state index in [1.807, 2.05) is 44.1 Å². The van der Waals surface area contributed by atoms with Crippen LogP contribution in [0.25, 0.3) is 10.9 Å². The van der Waals surface area contributed by atoms with Crippen LogP contribution >= 0.6 is 0 Å². The molecule has 5 rings (SSSR count). The molecule has 41 heavy (non-hydrogen) atoms. The van der Waals surface area contributed by atoms with Gasteiger partial charge in [-0.05, 0) is 75.0 Å². The van der Waals surface area contributed by atoms with Crippen molar-refractivity contribution in [3.8, 4) is 11.8 Å². The smallest absolute Gasteiger partial charge is 0.322 e. The van der Waals surface area contributed by atoms with Crippen molar-refractivity contribution in [2.45, 2.75) is 32.1 Å². The van der Waals surface area contributed by atoms with Gasteiger partial charge in [0.2, 0.25) is 0 Å². The Kier molecular flexibility index (Phi) is 8.06. The molecular formula is C32H30F3N5O. The summed E-state index contributed by atoms with van der Waals surface area (Å²) in [7, 11) is 3.97. The van der Waals surface area contributed by atoms with Gasteiger partial charge in [-0.15, -0.1) is 0 Å². The minimum atomic E-state index is -4.55. The van der Waals surface area contributed by atoms with Gasteiger partial charge in [0.1, 0.15) is 6.33 Å². The molecular weight excluding hydrogens is 527 g/mol. The van der Waals surface area contributed by atoms with Crippen molar-refractivity contribution in [3.63, 3.8) is 0 Å². The van der Waals surface area contributed by atoms with Crippen molar-refractivity contribution >= 4 is 22.5 Å². The number of fused-ring (bicyclic) bond motifs is 1. The first kappa shape index (κ1) is 28.3. The van der Waals surface area contributed by atoms with Gasteiger partial charge in [-0.2, -0.15) is 13.2 Å². The standard InChI is InChI=1S/C32H30F3N5O/c1-21-7-8-24(15-23(21)10-9-22-5-4-6-30-28(22)17-36-20-37-30)31(41)38-26-12-11-25(29(16-26)32(33,34)35)18-40-14-13-27(19-40)39(2)3/h4-8,11-12,15-17,20,27H,13-14,18-19H2,1-3H3,(H,38,41). The molecule has 9 heteroatoms. The number of halogens is 3. The summed E-state index contributed by atoms with van der Waals surface area (Å²) in [4.78, 5) is 25.5. The van der Waals surface area contributed by atoms with E-state index in [4.69, 9.17) is 0 Å². The summed E-state index contributed by atoms with van der Waals surface area (Å²) in [6.45, 7) is 3.55. The maximum atomic E-state index is 14.0. The molecule has 1 saturated heterocycles. The number of hydrogen-bond acceptors (Lipinski definition) is 5. The topological polar surface area (TPSA) is 61.4 Å². The fraction of sp³-hybridized carbons (Fsp3) is 0.281. The third kappa shape index (κ3) is 6.56. The Bertz CT molecular complexity index is 1650. The molecule has 1 aliphatic rings. The predicted octanol–water partition coefficient (Wildman–Crippen LogP) is 5.75. The lowest BCUT2D eigenvalue weighted by atomic mass is 10.0. The fourth-order valence-corrected chi connectivity index (χ4v) is 5.02. The summed E-state index contributed by atoms with van der Waals surface area (Å²) in [6, 6.07) is 15.0. The molecule has 3 aromatic carbocycles. The SMILES string of the molecule is Cc1ccc(C(=O)Nc2ccc(CN3CCC(N(C)C)C3)c(C(F)(F)F)c2)cc1C#Cc1cccc2ncncc12. The molecule has 0 spiro atoms. The molecule has 1 fully saturated rings. The van der Waals surface area contributed by atoms with Crippen LogP contribution in [-0.2, 0) is 12.7 Å². The number of rotatable bonds is 5. The van der Waals surface area contributed by atoms with E-state index in [2.05, 4.69) is 32.0 Å². The van der Waals surface area contributed by atoms with Gasteiger partial charge in [0.15, 0.2) is 0 Å². The molecule has 1 aliphatic heterocycles. The van der Waals surface area contributed by atoms with Crippen LogP contribution in [0.1, 0.15) is 44.6 Å². The largest absolute Gasteiger partial charge is 0.416 e. The van der Waals surface area contributed by atoms with Crippen molar-refractivity contribution in [1.29, 1.82) is 0 Å². The van der Waals surface area contributed by atoms with E-state index in [0.717, 1.165) is 47.6 Å². The zero-order chi connectivity index (χ0) is 29.1. The van der Waals surface area contributed by atoms with Gasteiger partial charge in [0.05, 0.1) is 11.1 Å². The number of amides is 1. The number of alkyl halides is 3. The van der Waals surface area contributed by atoms with Crippen LogP contribution in [0.15, 0.2) is 67.1 Å². The monoisotopic (exact) mass is 557 g/mol. The van der Waals surface area contributed by atoms with E-state index in [1.54, 1.807) is 24.4 Å². The highest BCUT2D eigenvalue weighted by atomic mass is 19.4. The second kappa shape index (κ2) is 11.7. The maximum Gasteiger partial charge on any atom is 0.416 e. The molecule has 1 atom stereocenters. The molecule has 1 amide bonds. The average molecular weight is 558 g/mol. The number of anilines is 1. The normalized spacial score (nSPS) is 15.6. The van der Waals surface area contributed by atoms with Crippen molar-refractivity contribution in [2.75, 3.05) is 32.5 Å². The number of nitrogens with zero attached hydrogens (tertiary/aromatic N) is 4. The van der Waals surface area contributed by atoms with E-state index in [-0.39, 0.29) is 17.8 Å². The first-order chi connectivity index (χ1) is 19.6. The number of nitrogens with one attached hydrogen (secondary N) is 1. The Hall–Kier alpha value is -4.26. The number of aromatic nitrogens is 2. The zero-order valence-electron chi connectivity index (χ0n) is 23.1. The lowest BCUT2D eigenvalue weighted by Crippen LogP contribution is -2.31. The third-order valence-corrected chi connectivity index (χ3v) is 7.43. The molecule has 210 valence electrons. The Balaban J connectivity index is 1.35. The van der Waals surface area contributed by atoms with Crippen LogP contribution in [0.5, 0.6) is 0 Å². The first-order valence-electron chi connectivity index (χ1n) is 13.3. The van der Waals surface area contributed by atoms with Gasteiger partial charge in [0.25, 0.3) is 5.91 Å². The van der Waals surface area contributed by atoms with Crippen molar-refractivity contribution in [1.82, 2.24) is 19.8 Å². The van der Waals surface area contributed by atoms with E-state index in [9.17, 15) is 18.0 Å². The summed E-state index contributed by atoms with van der Waals surface area (Å²) >= 11 is 0. The van der Waals surface area contributed by atoms with Crippen LogP contribution in [-0.4, -0.2) is 58.9 Å². The molecule has 1 N–H and O–H groups in total. The maximum absolute atomic E-state index is 14.0. The Labute approximate surface area is 237 Å². The number of likely N-dealkylation sites (tertiary alicyclic amines) is 1. The molecule has 6 nitrogen and oxygen atoms in total. The van der Waals surface area contributed by atoms with Crippen molar-refractivity contribution < 1.29 is 18.0 Å². The molecule has 0 bridgehead atoms. The number of hydrogen-bond donors (Lipinski definition) is 1. The molecule has 1 unspecified atom stereocenters. The number of carbonyl (C=O) groups is 1. The van der Waals surface area contributed by atoms with Crippen LogP contribution in [0.2, 0.25) is 0 Å². The second-order valence-electron chi connectivity index (χ2n) is 10.5. The van der Waals surface area contributed by atoms with Gasteiger partial charge >= 0.3 is 6.18 Å². The lowest BCUT2D eigenvalue weighted by molar-refractivity contribution is -0.138. The van der Waals surface area contributed by atoms with Gasteiger partial charge in [-0.3, -0.25) is 9.69 Å². The summed E-state index contributed by atoms with van der Waals surface area (Å²) in [5, 5.41) is 3.45. The zero-order valence-corrected chi connectivity index (χ0v) is 23.1. The third-order valence-electron chi connectivity index (χ3n) is 7.43. The Morgan fingerprint density at radius 2 is 1.90 bits per heavy atom. The number of benzene rings is 3. The molecule has 0 saturated carbocycles. The minimum Gasteiger partial charge on any atom is -0.322 e. The van der Waals surface area contributed by atoms with Crippen LogP contribution in [0.3, 0.4) is 0 Å². The molecule has 0 radical (unpaired) electrons. The highest BCUT2D eigenvalue weighted by Gasteiger charge is 2.35. The Morgan fingerprint density at radius 1 is 1.10 bits per heavy atom. The van der Waals surface area contributed by atoms with Crippen LogP contribution in [0, 0.1) is 18.8 Å². The predicted molar refractivity (Wildman–Crippen MR) is 153 cm³/mol. The molecule has 0 aliphatic carbocycles.